The third kappa shape index (κ3) is 3.49. The fourth-order valence-electron chi connectivity index (χ4n) is 3.08. The van der Waals surface area contributed by atoms with E-state index in [-0.39, 0.29) is 6.85 Å². The monoisotopic (exact) mass is 335 g/mol. The van der Waals surface area contributed by atoms with E-state index in [9.17, 15) is 0 Å². The minimum Gasteiger partial charge on any atom is -0.368 e. The summed E-state index contributed by atoms with van der Waals surface area (Å²) in [5, 5.41) is 0. The Hall–Kier alpha value is -3.40. The zero-order chi connectivity index (χ0) is 17.6. The number of rotatable bonds is 4. The molecule has 4 aromatic rings. The molecule has 0 bridgehead atoms. The predicted molar refractivity (Wildman–Crippen MR) is 107 cm³/mol. The Labute approximate surface area is 153 Å². The molecule has 0 N–H and O–H groups in total. The molecule has 26 heavy (non-hydrogen) atoms. The Morgan fingerprint density at radius 1 is 0.654 bits per heavy atom. The van der Waals surface area contributed by atoms with Crippen molar-refractivity contribution in [2.24, 2.45) is 4.99 Å². The van der Waals surface area contributed by atoms with Crippen LogP contribution in [0.2, 0.25) is 0 Å². The Morgan fingerprint density at radius 3 is 1.88 bits per heavy atom. The lowest BCUT2D eigenvalue weighted by Crippen LogP contribution is -2.52. The van der Waals surface area contributed by atoms with Gasteiger partial charge in [0.25, 0.3) is 0 Å². The summed E-state index contributed by atoms with van der Waals surface area (Å²) in [6, 6.07) is 32.8. The molecule has 0 saturated heterocycles. The molecule has 2 aromatic heterocycles. The van der Waals surface area contributed by atoms with Crippen LogP contribution in [0.1, 0.15) is 0 Å². The standard InChI is InChI=1S/C22H18BN3/c1-3-11-19(12-4-1)23(20-13-5-2-6-14-20)26-18-10-8-16-22(26)25-21-15-7-9-17-24-21/h1-18H. The Balaban J connectivity index is 1.92. The van der Waals surface area contributed by atoms with E-state index in [2.05, 4.69) is 64.2 Å². The summed E-state index contributed by atoms with van der Waals surface area (Å²) in [7, 11) is 0. The molecule has 0 amide bonds. The maximum Gasteiger partial charge on any atom is 0.328 e. The van der Waals surface area contributed by atoms with Crippen LogP contribution in [0.3, 0.4) is 0 Å². The van der Waals surface area contributed by atoms with Crippen molar-refractivity contribution >= 4 is 23.6 Å². The van der Waals surface area contributed by atoms with Crippen LogP contribution in [0.25, 0.3) is 0 Å². The first-order valence-corrected chi connectivity index (χ1v) is 8.65. The van der Waals surface area contributed by atoms with Gasteiger partial charge in [0.05, 0.1) is 0 Å². The number of hydrogen-bond donors (Lipinski definition) is 0. The van der Waals surface area contributed by atoms with Crippen molar-refractivity contribution in [3.8, 4) is 0 Å². The molecule has 2 heterocycles. The van der Waals surface area contributed by atoms with E-state index < -0.39 is 0 Å². The van der Waals surface area contributed by atoms with E-state index in [4.69, 9.17) is 4.99 Å². The number of nitrogens with zero attached hydrogens (tertiary/aromatic N) is 3. The van der Waals surface area contributed by atoms with E-state index in [1.807, 2.05) is 48.5 Å². The highest BCUT2D eigenvalue weighted by Crippen LogP contribution is 2.03. The molecule has 0 fully saturated rings. The SMILES string of the molecule is c1ccc(B(c2ccccc2)n2ccccc2=Nc2ccccn2)cc1. The van der Waals surface area contributed by atoms with Crippen molar-refractivity contribution in [2.75, 3.05) is 0 Å². The van der Waals surface area contributed by atoms with Crippen LogP contribution in [0.5, 0.6) is 0 Å². The molecule has 0 unspecified atom stereocenters. The molecule has 0 radical (unpaired) electrons. The zero-order valence-electron chi connectivity index (χ0n) is 14.3. The molecule has 0 atom stereocenters. The summed E-state index contributed by atoms with van der Waals surface area (Å²) in [5.41, 5.74) is 3.30. The fraction of sp³-hybridized carbons (Fsp3) is 0. The van der Waals surface area contributed by atoms with Gasteiger partial charge in [-0.15, -0.1) is 0 Å². The van der Waals surface area contributed by atoms with Crippen LogP contribution in [-0.2, 0) is 0 Å². The minimum atomic E-state index is 0.0427. The number of aromatic nitrogens is 2. The molecular formula is C22H18BN3. The Bertz CT molecular complexity index is 989. The van der Waals surface area contributed by atoms with Gasteiger partial charge in [0.2, 0.25) is 0 Å². The summed E-state index contributed by atoms with van der Waals surface area (Å²) >= 11 is 0. The fourth-order valence-corrected chi connectivity index (χ4v) is 3.08. The van der Waals surface area contributed by atoms with Crippen molar-refractivity contribution in [1.29, 1.82) is 0 Å². The molecular weight excluding hydrogens is 317 g/mol. The number of hydrogen-bond acceptors (Lipinski definition) is 2. The van der Waals surface area contributed by atoms with E-state index in [1.165, 1.54) is 10.9 Å². The van der Waals surface area contributed by atoms with Gasteiger partial charge >= 0.3 is 6.85 Å². The van der Waals surface area contributed by atoms with Crippen molar-refractivity contribution in [3.63, 3.8) is 0 Å². The molecule has 0 aliphatic heterocycles. The summed E-state index contributed by atoms with van der Waals surface area (Å²) in [6.07, 6.45) is 3.84. The second kappa shape index (κ2) is 7.66. The minimum absolute atomic E-state index is 0.0427. The van der Waals surface area contributed by atoms with Crippen LogP contribution in [0.15, 0.2) is 114 Å². The summed E-state index contributed by atoms with van der Waals surface area (Å²) in [5.74, 6) is 0.701. The van der Waals surface area contributed by atoms with Crippen LogP contribution in [-0.4, -0.2) is 16.3 Å². The van der Waals surface area contributed by atoms with Crippen LogP contribution in [0, 0.1) is 0 Å². The Kier molecular flexibility index (Phi) is 4.74. The van der Waals surface area contributed by atoms with Crippen LogP contribution < -0.4 is 16.4 Å². The average Bonchev–Trinajstić information content (AvgIpc) is 2.72. The van der Waals surface area contributed by atoms with E-state index in [0.29, 0.717) is 5.82 Å². The lowest BCUT2D eigenvalue weighted by Gasteiger charge is -2.18. The van der Waals surface area contributed by atoms with Crippen molar-refractivity contribution in [3.05, 3.63) is 115 Å². The maximum absolute atomic E-state index is 4.76. The third-order valence-corrected chi connectivity index (χ3v) is 4.25. The molecule has 0 aliphatic carbocycles. The first-order valence-electron chi connectivity index (χ1n) is 8.65. The van der Waals surface area contributed by atoms with E-state index in [0.717, 1.165) is 5.49 Å². The van der Waals surface area contributed by atoms with E-state index >= 15 is 0 Å². The number of benzene rings is 2. The number of pyridine rings is 2. The van der Waals surface area contributed by atoms with Gasteiger partial charge in [-0.05, 0) is 30.5 Å². The zero-order valence-corrected chi connectivity index (χ0v) is 14.3. The topological polar surface area (TPSA) is 30.2 Å². The molecule has 124 valence electrons. The van der Waals surface area contributed by atoms with Gasteiger partial charge in [-0.3, -0.25) is 0 Å². The van der Waals surface area contributed by atoms with Crippen molar-refractivity contribution < 1.29 is 0 Å². The molecule has 3 nitrogen and oxygen atoms in total. The molecule has 0 aliphatic rings. The molecule has 0 spiro atoms. The quantitative estimate of drug-likeness (QED) is 0.528. The first kappa shape index (κ1) is 16.1. The van der Waals surface area contributed by atoms with Gasteiger partial charge in [0, 0.05) is 6.20 Å². The second-order valence-corrected chi connectivity index (χ2v) is 5.99. The lowest BCUT2D eigenvalue weighted by atomic mass is 9.50. The lowest BCUT2D eigenvalue weighted by molar-refractivity contribution is 1.03. The summed E-state index contributed by atoms with van der Waals surface area (Å²) in [6.45, 7) is 0.0427. The first-order chi connectivity index (χ1) is 12.9. The summed E-state index contributed by atoms with van der Waals surface area (Å²) < 4.78 is 2.19. The van der Waals surface area contributed by atoms with Gasteiger partial charge in [-0.25, -0.2) is 9.98 Å². The van der Waals surface area contributed by atoms with Gasteiger partial charge < -0.3 is 4.48 Å². The third-order valence-electron chi connectivity index (χ3n) is 4.25. The maximum atomic E-state index is 4.76. The highest BCUT2D eigenvalue weighted by Gasteiger charge is 2.22. The van der Waals surface area contributed by atoms with Crippen LogP contribution >= 0.6 is 0 Å². The normalized spacial score (nSPS) is 11.3. The summed E-state index contributed by atoms with van der Waals surface area (Å²) in [4.78, 5) is 9.10. The van der Waals surface area contributed by atoms with Gasteiger partial charge in [-0.2, -0.15) is 0 Å². The average molecular weight is 335 g/mol. The molecule has 4 rings (SSSR count). The largest absolute Gasteiger partial charge is 0.368 e. The Morgan fingerprint density at radius 2 is 1.27 bits per heavy atom. The van der Waals surface area contributed by atoms with Crippen LogP contribution in [0.4, 0.5) is 5.82 Å². The van der Waals surface area contributed by atoms with Crippen molar-refractivity contribution in [1.82, 2.24) is 9.46 Å². The highest BCUT2D eigenvalue weighted by molar-refractivity contribution is 6.83. The van der Waals surface area contributed by atoms with Gasteiger partial charge in [0.1, 0.15) is 5.49 Å². The van der Waals surface area contributed by atoms with E-state index in [1.54, 1.807) is 6.20 Å². The van der Waals surface area contributed by atoms with Crippen molar-refractivity contribution in [2.45, 2.75) is 0 Å². The molecule has 4 heteroatoms. The van der Waals surface area contributed by atoms with Gasteiger partial charge in [-0.1, -0.05) is 83.7 Å². The highest BCUT2D eigenvalue weighted by atomic mass is 15.0. The van der Waals surface area contributed by atoms with Gasteiger partial charge in [0.15, 0.2) is 5.82 Å². The second-order valence-electron chi connectivity index (χ2n) is 5.99. The molecule has 0 saturated carbocycles. The smallest absolute Gasteiger partial charge is 0.328 e. The molecule has 2 aromatic carbocycles. The predicted octanol–water partition coefficient (Wildman–Crippen LogP) is 2.77.